The summed E-state index contributed by atoms with van der Waals surface area (Å²) in [5, 5.41) is 18.2. The van der Waals surface area contributed by atoms with Gasteiger partial charge in [-0.15, -0.1) is 0 Å². The van der Waals surface area contributed by atoms with Gasteiger partial charge in [0.15, 0.2) is 0 Å². The maximum Gasteiger partial charge on any atom is 0.408 e. The highest BCUT2D eigenvalue weighted by Gasteiger charge is 2.36. The third-order valence-corrected chi connectivity index (χ3v) is 7.92. The lowest BCUT2D eigenvalue weighted by Gasteiger charge is -2.35. The van der Waals surface area contributed by atoms with Crippen LogP contribution in [-0.2, 0) is 20.7 Å². The third kappa shape index (κ3) is 10.1. The summed E-state index contributed by atoms with van der Waals surface area (Å²) in [7, 11) is 0. The number of rotatable bonds is 13. The molecule has 47 heavy (non-hydrogen) atoms. The second kappa shape index (κ2) is 16.1. The molecule has 2 atom stereocenters. The van der Waals surface area contributed by atoms with Crippen LogP contribution in [0.1, 0.15) is 76.1 Å². The van der Waals surface area contributed by atoms with Crippen LogP contribution in [0.5, 0.6) is 5.75 Å². The summed E-state index contributed by atoms with van der Waals surface area (Å²) in [6.45, 7) is 9.45. The average Bonchev–Trinajstić information content (AvgIpc) is 3.03. The van der Waals surface area contributed by atoms with Gasteiger partial charge in [0, 0.05) is 18.7 Å². The number of amides is 3. The van der Waals surface area contributed by atoms with Crippen molar-refractivity contribution in [1.82, 2.24) is 10.2 Å². The molecule has 8 nitrogen and oxygen atoms in total. The van der Waals surface area contributed by atoms with E-state index in [-0.39, 0.29) is 18.7 Å². The van der Waals surface area contributed by atoms with Crippen molar-refractivity contribution in [3.8, 4) is 5.75 Å². The predicted molar refractivity (Wildman–Crippen MR) is 187 cm³/mol. The Balaban J connectivity index is 1.77. The number of nitrogens with one attached hydrogen (secondary N) is 2. The standard InChI is InChI=1S/C39H47N3O5/c1-6-7-8-14-23-42(37(45)33(25-28-15-10-9-11-16-28)41-38(46)47-39(3,4)5)35(31-20-22-34(43)27(2)24-31)36(44)40-32-21-19-29-17-12-13-18-30(29)26-32/h9-13,15-22,24,26,33,35,43H,6-8,14,23,25H2,1-5H3,(H,40,44)(H,41,46). The minimum absolute atomic E-state index is 0.0943. The maximum absolute atomic E-state index is 14.7. The van der Waals surface area contributed by atoms with Gasteiger partial charge in [-0.2, -0.15) is 0 Å². The van der Waals surface area contributed by atoms with E-state index in [2.05, 4.69) is 17.6 Å². The van der Waals surface area contributed by atoms with E-state index in [1.165, 1.54) is 0 Å². The fraction of sp³-hybridized carbons (Fsp3) is 0.359. The fourth-order valence-electron chi connectivity index (χ4n) is 5.57. The van der Waals surface area contributed by atoms with Crippen LogP contribution in [0.15, 0.2) is 91.0 Å². The minimum atomic E-state index is -1.05. The smallest absolute Gasteiger partial charge is 0.408 e. The zero-order valence-corrected chi connectivity index (χ0v) is 28.1. The first-order chi connectivity index (χ1) is 22.4. The number of hydrogen-bond donors (Lipinski definition) is 3. The van der Waals surface area contributed by atoms with E-state index in [4.69, 9.17) is 4.74 Å². The molecule has 0 aliphatic heterocycles. The van der Waals surface area contributed by atoms with Gasteiger partial charge in [0.2, 0.25) is 5.91 Å². The van der Waals surface area contributed by atoms with Gasteiger partial charge in [0.25, 0.3) is 5.91 Å². The number of ether oxygens (including phenoxy) is 1. The molecule has 0 saturated heterocycles. The van der Waals surface area contributed by atoms with E-state index in [0.717, 1.165) is 35.6 Å². The topological polar surface area (TPSA) is 108 Å². The van der Waals surface area contributed by atoms with E-state index in [1.54, 1.807) is 50.8 Å². The van der Waals surface area contributed by atoms with E-state index in [9.17, 15) is 19.5 Å². The first-order valence-corrected chi connectivity index (χ1v) is 16.4. The molecule has 3 amide bonds. The Bertz CT molecular complexity index is 1660. The molecule has 0 aliphatic carbocycles. The van der Waals surface area contributed by atoms with Crippen LogP contribution in [0.3, 0.4) is 0 Å². The largest absolute Gasteiger partial charge is 0.508 e. The van der Waals surface area contributed by atoms with Crippen LogP contribution in [0.25, 0.3) is 10.8 Å². The van der Waals surface area contributed by atoms with Gasteiger partial charge >= 0.3 is 6.09 Å². The average molecular weight is 638 g/mol. The van der Waals surface area contributed by atoms with Gasteiger partial charge in [-0.05, 0) is 85.8 Å². The number of anilines is 1. The van der Waals surface area contributed by atoms with Crippen molar-refractivity contribution in [2.45, 2.75) is 84.4 Å². The van der Waals surface area contributed by atoms with Crippen molar-refractivity contribution in [2.75, 3.05) is 11.9 Å². The summed E-state index contributed by atoms with van der Waals surface area (Å²) in [6.07, 6.45) is 3.02. The van der Waals surface area contributed by atoms with Crippen molar-refractivity contribution in [3.05, 3.63) is 108 Å². The van der Waals surface area contributed by atoms with Crippen LogP contribution in [0, 0.1) is 6.92 Å². The SMILES string of the molecule is CCCCCCN(C(=O)C(Cc1ccccc1)NC(=O)OC(C)(C)C)C(C(=O)Nc1ccc2ccccc2c1)c1ccc(O)c(C)c1. The molecule has 4 aromatic rings. The second-order valence-electron chi connectivity index (χ2n) is 13.0. The van der Waals surface area contributed by atoms with Crippen LogP contribution in [-0.4, -0.2) is 46.1 Å². The zero-order chi connectivity index (χ0) is 34.0. The summed E-state index contributed by atoms with van der Waals surface area (Å²) in [6, 6.07) is 25.9. The molecule has 248 valence electrons. The van der Waals surface area contributed by atoms with E-state index < -0.39 is 35.6 Å². The number of aryl methyl sites for hydroxylation is 1. The molecule has 0 bridgehead atoms. The number of benzene rings is 4. The number of alkyl carbamates (subject to hydrolysis) is 1. The number of phenols is 1. The van der Waals surface area contributed by atoms with Crippen LogP contribution in [0.4, 0.5) is 10.5 Å². The highest BCUT2D eigenvalue weighted by Crippen LogP contribution is 2.30. The van der Waals surface area contributed by atoms with Crippen LogP contribution >= 0.6 is 0 Å². The fourth-order valence-corrected chi connectivity index (χ4v) is 5.57. The normalized spacial score (nSPS) is 12.6. The summed E-state index contributed by atoms with van der Waals surface area (Å²) < 4.78 is 5.56. The van der Waals surface area contributed by atoms with Gasteiger partial charge in [-0.25, -0.2) is 4.79 Å². The van der Waals surface area contributed by atoms with Crippen molar-refractivity contribution >= 4 is 34.4 Å². The monoisotopic (exact) mass is 637 g/mol. The number of nitrogens with zero attached hydrogens (tertiary/aromatic N) is 1. The van der Waals surface area contributed by atoms with E-state index in [1.807, 2.05) is 72.8 Å². The molecule has 8 heteroatoms. The highest BCUT2D eigenvalue weighted by atomic mass is 16.6. The summed E-state index contributed by atoms with van der Waals surface area (Å²) >= 11 is 0. The van der Waals surface area contributed by atoms with Gasteiger partial charge in [-0.1, -0.05) is 92.9 Å². The van der Waals surface area contributed by atoms with Crippen LogP contribution < -0.4 is 10.6 Å². The quantitative estimate of drug-likeness (QED) is 0.129. The number of unbranched alkanes of at least 4 members (excludes halogenated alkanes) is 3. The van der Waals surface area contributed by atoms with Gasteiger partial charge in [-0.3, -0.25) is 9.59 Å². The predicted octanol–water partition coefficient (Wildman–Crippen LogP) is 8.08. The molecule has 0 aromatic heterocycles. The number of fused-ring (bicyclic) bond motifs is 1. The summed E-state index contributed by atoms with van der Waals surface area (Å²) in [5.41, 5.74) is 1.82. The number of aromatic hydroxyl groups is 1. The van der Waals surface area contributed by atoms with Crippen molar-refractivity contribution in [2.24, 2.45) is 0 Å². The van der Waals surface area contributed by atoms with E-state index in [0.29, 0.717) is 23.2 Å². The molecule has 0 heterocycles. The first-order valence-electron chi connectivity index (χ1n) is 16.4. The lowest BCUT2D eigenvalue weighted by atomic mass is 9.98. The molecule has 4 rings (SSSR count). The molecule has 2 unspecified atom stereocenters. The highest BCUT2D eigenvalue weighted by molar-refractivity contribution is 6.00. The Morgan fingerprint density at radius 1 is 0.851 bits per heavy atom. The zero-order valence-electron chi connectivity index (χ0n) is 28.1. The molecule has 0 aliphatic rings. The second-order valence-corrected chi connectivity index (χ2v) is 13.0. The lowest BCUT2D eigenvalue weighted by Crippen LogP contribution is -2.53. The maximum atomic E-state index is 14.7. The Kier molecular flexibility index (Phi) is 12.0. The Morgan fingerprint density at radius 3 is 2.23 bits per heavy atom. The molecular weight excluding hydrogens is 590 g/mol. The van der Waals surface area contributed by atoms with Crippen molar-refractivity contribution < 1.29 is 24.2 Å². The molecule has 0 spiro atoms. The van der Waals surface area contributed by atoms with E-state index >= 15 is 0 Å². The number of carbonyl (C=O) groups is 3. The lowest BCUT2D eigenvalue weighted by molar-refractivity contribution is -0.140. The Morgan fingerprint density at radius 2 is 1.55 bits per heavy atom. The Hall–Kier alpha value is -4.85. The molecule has 4 aromatic carbocycles. The summed E-state index contributed by atoms with van der Waals surface area (Å²) in [5.74, 6) is -0.706. The number of carbonyl (C=O) groups excluding carboxylic acids is 3. The van der Waals surface area contributed by atoms with Gasteiger partial charge in [0.05, 0.1) is 0 Å². The van der Waals surface area contributed by atoms with Gasteiger partial charge < -0.3 is 25.4 Å². The number of hydrogen-bond acceptors (Lipinski definition) is 5. The van der Waals surface area contributed by atoms with Crippen LogP contribution in [0.2, 0.25) is 0 Å². The minimum Gasteiger partial charge on any atom is -0.508 e. The number of phenolic OH excluding ortho intramolecular Hbond substituents is 1. The van der Waals surface area contributed by atoms with Crippen molar-refractivity contribution in [1.29, 1.82) is 0 Å². The molecule has 0 fully saturated rings. The van der Waals surface area contributed by atoms with Crippen molar-refractivity contribution in [3.63, 3.8) is 0 Å². The Labute approximate surface area is 278 Å². The summed E-state index contributed by atoms with van der Waals surface area (Å²) in [4.78, 5) is 43.8. The molecule has 0 radical (unpaired) electrons. The van der Waals surface area contributed by atoms with Gasteiger partial charge in [0.1, 0.15) is 23.4 Å². The molecule has 3 N–H and O–H groups in total. The molecular formula is C39H47N3O5. The first kappa shape index (κ1) is 35.0. The third-order valence-electron chi connectivity index (χ3n) is 7.92. The molecule has 0 saturated carbocycles.